The second-order valence-corrected chi connectivity index (χ2v) is 7.96. The number of methoxy groups -OCH3 is 3. The molecule has 2 aromatic rings. The number of carboxylic acids is 1. The quantitative estimate of drug-likeness (QED) is 0.698. The Morgan fingerprint density at radius 2 is 1.66 bits per heavy atom. The molecule has 0 saturated carbocycles. The van der Waals surface area contributed by atoms with Gasteiger partial charge in [0.1, 0.15) is 0 Å². The fourth-order valence-electron chi connectivity index (χ4n) is 4.94. The van der Waals surface area contributed by atoms with Crippen LogP contribution >= 0.6 is 0 Å². The molecule has 1 saturated heterocycles. The summed E-state index contributed by atoms with van der Waals surface area (Å²) in [5.74, 6) is -0.147. The number of cyclic esters (lactones) is 1. The number of hydrogen-bond acceptors (Lipinski definition) is 8. The van der Waals surface area contributed by atoms with E-state index in [9.17, 15) is 14.7 Å². The van der Waals surface area contributed by atoms with Crippen molar-refractivity contribution in [2.45, 2.75) is 18.6 Å². The summed E-state index contributed by atoms with van der Waals surface area (Å²) < 4.78 is 32.8. The topological polar surface area (TPSA) is 110 Å². The van der Waals surface area contributed by atoms with Crippen LogP contribution in [0.25, 0.3) is 0 Å². The largest absolute Gasteiger partial charge is 0.493 e. The lowest BCUT2D eigenvalue weighted by molar-refractivity contribution is -0.154. The van der Waals surface area contributed by atoms with Gasteiger partial charge >= 0.3 is 18.2 Å². The molecule has 0 spiro atoms. The van der Waals surface area contributed by atoms with Crippen molar-refractivity contribution in [2.75, 3.05) is 27.9 Å². The van der Waals surface area contributed by atoms with E-state index >= 15 is 0 Å². The number of aliphatic carboxylic acids is 1. The van der Waals surface area contributed by atoms with Crippen molar-refractivity contribution >= 4 is 11.9 Å². The molecule has 2 heterocycles. The summed E-state index contributed by atoms with van der Waals surface area (Å²) in [6, 6.07) is 7.23. The fourth-order valence-corrected chi connectivity index (χ4v) is 4.94. The highest BCUT2D eigenvalue weighted by Gasteiger charge is 2.48. The molecular weight excluding hydrogens is 420 g/mol. The standard InChI is InChI=1S/C23H22O9/c1-27-16-6-11(7-17(28-2)20(16)29-3)18-13-8-15-14(31-23(32-15)21(24)25)5-10(13)4-12-9-30-22(26)19(12)18/h5-8,12,18-19,23H,4,9H2,1-3H3,(H,24,25)/t12-,18+,19+,23?/m0/s1. The molecule has 2 aliphatic heterocycles. The Hall–Kier alpha value is -3.62. The van der Waals surface area contributed by atoms with Crippen molar-refractivity contribution in [1.29, 1.82) is 0 Å². The molecule has 2 aromatic carbocycles. The summed E-state index contributed by atoms with van der Waals surface area (Å²) in [4.78, 5) is 24.1. The number of rotatable bonds is 5. The Kier molecular flexibility index (Phi) is 4.76. The maximum Gasteiger partial charge on any atom is 0.387 e. The highest BCUT2D eigenvalue weighted by Crippen LogP contribution is 2.52. The van der Waals surface area contributed by atoms with Crippen molar-refractivity contribution in [2.24, 2.45) is 11.8 Å². The van der Waals surface area contributed by atoms with Gasteiger partial charge in [0.05, 0.1) is 33.9 Å². The van der Waals surface area contributed by atoms with Gasteiger partial charge in [-0.1, -0.05) is 0 Å². The fraction of sp³-hybridized carbons (Fsp3) is 0.391. The smallest absolute Gasteiger partial charge is 0.387 e. The SMILES string of the molecule is COc1cc([C@@H]2c3cc4c(cc3C[C@H]3COC(=O)[C@H]32)OC(C(=O)O)O4)cc(OC)c1OC. The third kappa shape index (κ3) is 2.99. The first kappa shape index (κ1) is 20.3. The Morgan fingerprint density at radius 1 is 1.00 bits per heavy atom. The molecule has 0 bridgehead atoms. The monoisotopic (exact) mass is 442 g/mol. The number of fused-ring (bicyclic) bond motifs is 3. The maximum absolute atomic E-state index is 12.8. The Bertz CT molecular complexity index is 1080. The van der Waals surface area contributed by atoms with Crippen LogP contribution in [-0.4, -0.2) is 51.3 Å². The first-order chi connectivity index (χ1) is 15.4. The van der Waals surface area contributed by atoms with Crippen LogP contribution in [0.5, 0.6) is 28.7 Å². The van der Waals surface area contributed by atoms with Crippen LogP contribution in [0.4, 0.5) is 0 Å². The highest BCUT2D eigenvalue weighted by molar-refractivity contribution is 5.79. The molecule has 0 amide bonds. The molecule has 9 nitrogen and oxygen atoms in total. The van der Waals surface area contributed by atoms with Crippen LogP contribution in [0.2, 0.25) is 0 Å². The van der Waals surface area contributed by atoms with Gasteiger partial charge in [-0.3, -0.25) is 4.79 Å². The van der Waals surface area contributed by atoms with E-state index in [1.807, 2.05) is 12.1 Å². The van der Waals surface area contributed by atoms with Gasteiger partial charge in [0, 0.05) is 11.8 Å². The van der Waals surface area contributed by atoms with Crippen molar-refractivity contribution in [3.8, 4) is 28.7 Å². The molecule has 32 heavy (non-hydrogen) atoms. The van der Waals surface area contributed by atoms with Crippen LogP contribution in [0.1, 0.15) is 22.6 Å². The first-order valence-electron chi connectivity index (χ1n) is 10.1. The lowest BCUT2D eigenvalue weighted by Crippen LogP contribution is -2.31. The van der Waals surface area contributed by atoms with Crippen LogP contribution in [0.15, 0.2) is 24.3 Å². The van der Waals surface area contributed by atoms with Crippen LogP contribution in [0, 0.1) is 11.8 Å². The minimum atomic E-state index is -1.39. The second-order valence-electron chi connectivity index (χ2n) is 7.96. The van der Waals surface area contributed by atoms with Crippen LogP contribution < -0.4 is 23.7 Å². The van der Waals surface area contributed by atoms with E-state index in [1.54, 1.807) is 12.1 Å². The number of benzene rings is 2. The molecule has 1 fully saturated rings. The minimum Gasteiger partial charge on any atom is -0.493 e. The summed E-state index contributed by atoms with van der Waals surface area (Å²) in [6.45, 7) is 0.329. The molecule has 1 unspecified atom stereocenters. The van der Waals surface area contributed by atoms with Gasteiger partial charge in [-0.05, 0) is 47.4 Å². The average molecular weight is 442 g/mol. The summed E-state index contributed by atoms with van der Waals surface area (Å²) in [7, 11) is 4.60. The molecule has 3 aliphatic rings. The molecule has 0 aromatic heterocycles. The van der Waals surface area contributed by atoms with Gasteiger partial charge in [-0.25, -0.2) is 4.79 Å². The highest BCUT2D eigenvalue weighted by atomic mass is 16.7. The molecule has 1 aliphatic carbocycles. The summed E-state index contributed by atoms with van der Waals surface area (Å²) in [5, 5.41) is 9.26. The second kappa shape index (κ2) is 7.51. The number of carboxylic acid groups (broad SMARTS) is 1. The third-order valence-electron chi connectivity index (χ3n) is 6.32. The van der Waals surface area contributed by atoms with E-state index in [2.05, 4.69) is 0 Å². The Morgan fingerprint density at radius 3 is 2.25 bits per heavy atom. The van der Waals surface area contributed by atoms with E-state index < -0.39 is 18.2 Å². The zero-order valence-electron chi connectivity index (χ0n) is 17.7. The summed E-state index contributed by atoms with van der Waals surface area (Å²) in [5.41, 5.74) is 2.60. The van der Waals surface area contributed by atoms with E-state index in [1.165, 1.54) is 21.3 Å². The van der Waals surface area contributed by atoms with Gasteiger partial charge < -0.3 is 33.5 Å². The minimum absolute atomic E-state index is 0.0188. The van der Waals surface area contributed by atoms with Crippen molar-refractivity contribution in [3.63, 3.8) is 0 Å². The Balaban J connectivity index is 1.68. The molecular formula is C23H22O9. The van der Waals surface area contributed by atoms with E-state index in [0.717, 1.165) is 16.7 Å². The Labute approximate surface area is 183 Å². The number of hydrogen-bond donors (Lipinski definition) is 1. The maximum atomic E-state index is 12.8. The van der Waals surface area contributed by atoms with Gasteiger partial charge in [0.25, 0.3) is 0 Å². The molecule has 168 valence electrons. The predicted molar refractivity (Wildman–Crippen MR) is 109 cm³/mol. The molecule has 1 N–H and O–H groups in total. The molecule has 5 rings (SSSR count). The zero-order valence-corrected chi connectivity index (χ0v) is 17.7. The molecule has 0 radical (unpaired) electrons. The van der Waals surface area contributed by atoms with Gasteiger partial charge in [-0.15, -0.1) is 0 Å². The van der Waals surface area contributed by atoms with Crippen LogP contribution in [0.3, 0.4) is 0 Å². The third-order valence-corrected chi connectivity index (χ3v) is 6.32. The van der Waals surface area contributed by atoms with Gasteiger partial charge in [0.2, 0.25) is 5.75 Å². The van der Waals surface area contributed by atoms with E-state index in [4.69, 9.17) is 28.4 Å². The molecule has 4 atom stereocenters. The van der Waals surface area contributed by atoms with Crippen LogP contribution in [-0.2, 0) is 20.7 Å². The van der Waals surface area contributed by atoms with E-state index in [-0.39, 0.29) is 17.8 Å². The summed E-state index contributed by atoms with van der Waals surface area (Å²) in [6.07, 6.45) is -0.779. The lowest BCUT2D eigenvalue weighted by Gasteiger charge is -2.34. The van der Waals surface area contributed by atoms with Gasteiger partial charge in [-0.2, -0.15) is 0 Å². The zero-order chi connectivity index (χ0) is 22.6. The van der Waals surface area contributed by atoms with Crippen molar-refractivity contribution in [1.82, 2.24) is 0 Å². The van der Waals surface area contributed by atoms with Crippen molar-refractivity contribution in [3.05, 3.63) is 41.0 Å². The number of carbonyl (C=O) groups is 2. The summed E-state index contributed by atoms with van der Waals surface area (Å²) >= 11 is 0. The number of carbonyl (C=O) groups excluding carboxylic acids is 1. The normalized spacial score (nSPS) is 24.9. The molecule has 9 heteroatoms. The van der Waals surface area contributed by atoms with Crippen molar-refractivity contribution < 1.29 is 43.1 Å². The van der Waals surface area contributed by atoms with Gasteiger partial charge in [0.15, 0.2) is 23.0 Å². The average Bonchev–Trinajstić information content (AvgIpc) is 3.38. The lowest BCUT2D eigenvalue weighted by atomic mass is 9.67. The predicted octanol–water partition coefficient (Wildman–Crippen LogP) is 2.37. The number of ether oxygens (including phenoxy) is 6. The first-order valence-corrected chi connectivity index (χ1v) is 10.1. The van der Waals surface area contributed by atoms with E-state index in [0.29, 0.717) is 41.8 Å². The number of esters is 1.